The zero-order valence-corrected chi connectivity index (χ0v) is 15.1. The average Bonchev–Trinajstić information content (AvgIpc) is 3.09. The van der Waals surface area contributed by atoms with Gasteiger partial charge in [-0.25, -0.2) is 9.59 Å². The van der Waals surface area contributed by atoms with Crippen molar-refractivity contribution in [1.82, 2.24) is 4.90 Å². The van der Waals surface area contributed by atoms with E-state index in [1.165, 1.54) is 0 Å². The molecule has 140 valence electrons. The van der Waals surface area contributed by atoms with Gasteiger partial charge in [-0.1, -0.05) is 60.7 Å². The number of nitrogens with zero attached hydrogens (tertiary/aromatic N) is 1. The van der Waals surface area contributed by atoms with Crippen molar-refractivity contribution in [2.24, 2.45) is 0 Å². The smallest absolute Gasteiger partial charge is 0.410 e. The lowest BCUT2D eigenvalue weighted by atomic mass is 10.0. The molecule has 1 aliphatic rings. The minimum Gasteiger partial charge on any atom is -0.478 e. The first-order chi connectivity index (χ1) is 13.6. The predicted molar refractivity (Wildman–Crippen MR) is 105 cm³/mol. The van der Waals surface area contributed by atoms with E-state index >= 15 is 0 Å². The van der Waals surface area contributed by atoms with Gasteiger partial charge in [-0.2, -0.15) is 0 Å². The van der Waals surface area contributed by atoms with Crippen LogP contribution >= 0.6 is 0 Å². The second kappa shape index (κ2) is 7.56. The number of rotatable bonds is 5. The molecule has 3 aromatic carbocycles. The second-order valence-corrected chi connectivity index (χ2v) is 6.75. The Balaban J connectivity index is 1.52. The standard InChI is InChI=1S/C23H19NO4/c25-22(26)20-11-5-10-19(13-20)18-9-4-6-16(12-18)14-24-15-21(28-23(24)27)17-7-2-1-3-8-17/h1-13,21H,14-15H2,(H,25,26)/t21-/m0/s1. The van der Waals surface area contributed by atoms with Gasteiger partial charge in [0.15, 0.2) is 0 Å². The Hall–Kier alpha value is -3.60. The molecule has 1 fully saturated rings. The number of hydrogen-bond acceptors (Lipinski definition) is 3. The molecule has 0 unspecified atom stereocenters. The van der Waals surface area contributed by atoms with E-state index in [0.717, 1.165) is 22.3 Å². The number of cyclic esters (lactones) is 1. The van der Waals surface area contributed by atoms with Crippen molar-refractivity contribution in [3.63, 3.8) is 0 Å². The summed E-state index contributed by atoms with van der Waals surface area (Å²) in [6.07, 6.45) is -0.587. The highest BCUT2D eigenvalue weighted by Crippen LogP contribution is 2.28. The largest absolute Gasteiger partial charge is 0.478 e. The van der Waals surface area contributed by atoms with Gasteiger partial charge in [0.05, 0.1) is 12.1 Å². The average molecular weight is 373 g/mol. The topological polar surface area (TPSA) is 66.8 Å². The summed E-state index contributed by atoms with van der Waals surface area (Å²) in [7, 11) is 0. The van der Waals surface area contributed by atoms with Gasteiger partial charge in [0.1, 0.15) is 6.10 Å². The zero-order valence-electron chi connectivity index (χ0n) is 15.1. The number of carboxylic acid groups (broad SMARTS) is 1. The van der Waals surface area contributed by atoms with Crippen molar-refractivity contribution in [2.45, 2.75) is 12.6 Å². The van der Waals surface area contributed by atoms with Gasteiger partial charge < -0.3 is 9.84 Å². The molecule has 0 bridgehead atoms. The van der Waals surface area contributed by atoms with Crippen LogP contribution in [0.15, 0.2) is 78.9 Å². The number of aromatic carboxylic acids is 1. The molecule has 0 saturated carbocycles. The van der Waals surface area contributed by atoms with E-state index in [2.05, 4.69) is 0 Å². The molecule has 0 aromatic heterocycles. The van der Waals surface area contributed by atoms with Gasteiger partial charge in [-0.15, -0.1) is 0 Å². The summed E-state index contributed by atoms with van der Waals surface area (Å²) in [5.41, 5.74) is 3.93. The summed E-state index contributed by atoms with van der Waals surface area (Å²) >= 11 is 0. The molecule has 0 aliphatic carbocycles. The van der Waals surface area contributed by atoms with Crippen LogP contribution in [0.2, 0.25) is 0 Å². The quantitative estimate of drug-likeness (QED) is 0.701. The van der Waals surface area contributed by atoms with Crippen LogP contribution in [0.4, 0.5) is 4.79 Å². The van der Waals surface area contributed by atoms with Gasteiger partial charge in [0, 0.05) is 6.54 Å². The highest BCUT2D eigenvalue weighted by atomic mass is 16.6. The van der Waals surface area contributed by atoms with Crippen molar-refractivity contribution in [2.75, 3.05) is 6.54 Å². The summed E-state index contributed by atoms with van der Waals surface area (Å²) in [5, 5.41) is 9.19. The minimum absolute atomic E-state index is 0.247. The Labute approximate surface area is 162 Å². The van der Waals surface area contributed by atoms with E-state index in [0.29, 0.717) is 13.1 Å². The molecule has 3 aromatic rings. The molecular weight excluding hydrogens is 354 g/mol. The SMILES string of the molecule is O=C(O)c1cccc(-c2cccc(CN3C[C@@H](c4ccccc4)OC3=O)c2)c1. The molecular formula is C23H19NO4. The molecule has 0 spiro atoms. The predicted octanol–water partition coefficient (Wildman–Crippen LogP) is 4.75. The Bertz CT molecular complexity index is 1020. The van der Waals surface area contributed by atoms with E-state index in [1.54, 1.807) is 23.1 Å². The third-order valence-corrected chi connectivity index (χ3v) is 4.80. The third kappa shape index (κ3) is 3.74. The first kappa shape index (κ1) is 17.8. The minimum atomic E-state index is -0.954. The van der Waals surface area contributed by atoms with Crippen LogP contribution in [0, 0.1) is 0 Å². The fourth-order valence-electron chi connectivity index (χ4n) is 3.38. The fourth-order valence-corrected chi connectivity index (χ4v) is 3.38. The van der Waals surface area contributed by atoms with Crippen LogP contribution in [-0.2, 0) is 11.3 Å². The summed E-state index contributed by atoms with van der Waals surface area (Å²) in [6.45, 7) is 0.941. The van der Waals surface area contributed by atoms with Crippen molar-refractivity contribution < 1.29 is 19.4 Å². The lowest BCUT2D eigenvalue weighted by Crippen LogP contribution is -2.23. The number of amides is 1. The molecule has 1 atom stereocenters. The molecule has 4 rings (SSSR count). The molecule has 1 heterocycles. The molecule has 1 aliphatic heterocycles. The van der Waals surface area contributed by atoms with E-state index in [9.17, 15) is 14.7 Å². The number of ether oxygens (including phenoxy) is 1. The normalized spacial score (nSPS) is 16.1. The Morgan fingerprint density at radius 1 is 0.964 bits per heavy atom. The lowest BCUT2D eigenvalue weighted by Gasteiger charge is -2.14. The van der Waals surface area contributed by atoms with Crippen LogP contribution in [-0.4, -0.2) is 28.6 Å². The molecule has 1 saturated heterocycles. The molecule has 28 heavy (non-hydrogen) atoms. The number of carbonyl (C=O) groups is 2. The van der Waals surface area contributed by atoms with Gasteiger partial charge in [-0.3, -0.25) is 4.90 Å². The lowest BCUT2D eigenvalue weighted by molar-refractivity contribution is 0.0697. The van der Waals surface area contributed by atoms with Crippen molar-refractivity contribution in [3.05, 3.63) is 95.6 Å². The number of hydrogen-bond donors (Lipinski definition) is 1. The van der Waals surface area contributed by atoms with E-state index in [1.807, 2.05) is 60.7 Å². The van der Waals surface area contributed by atoms with E-state index < -0.39 is 5.97 Å². The van der Waals surface area contributed by atoms with Gasteiger partial charge in [0.25, 0.3) is 0 Å². The monoisotopic (exact) mass is 373 g/mol. The first-order valence-electron chi connectivity index (χ1n) is 9.03. The van der Waals surface area contributed by atoms with Gasteiger partial charge in [-0.05, 0) is 40.5 Å². The maximum absolute atomic E-state index is 12.3. The number of carboxylic acids is 1. The van der Waals surface area contributed by atoms with E-state index in [-0.39, 0.29) is 17.8 Å². The summed E-state index contributed by atoms with van der Waals surface area (Å²) in [5.74, 6) is -0.954. The molecule has 0 radical (unpaired) electrons. The fraction of sp³-hybridized carbons (Fsp3) is 0.130. The van der Waals surface area contributed by atoms with Gasteiger partial charge >= 0.3 is 12.1 Å². The maximum atomic E-state index is 12.3. The summed E-state index contributed by atoms with van der Waals surface area (Å²) in [4.78, 5) is 25.2. The first-order valence-corrected chi connectivity index (χ1v) is 9.03. The van der Waals surface area contributed by atoms with Crippen molar-refractivity contribution in [1.29, 1.82) is 0 Å². The van der Waals surface area contributed by atoms with Gasteiger partial charge in [0.2, 0.25) is 0 Å². The Kier molecular flexibility index (Phi) is 4.81. The highest BCUT2D eigenvalue weighted by Gasteiger charge is 2.32. The van der Waals surface area contributed by atoms with Crippen LogP contribution < -0.4 is 0 Å². The maximum Gasteiger partial charge on any atom is 0.410 e. The highest BCUT2D eigenvalue weighted by molar-refractivity contribution is 5.89. The summed E-state index contributed by atoms with van der Waals surface area (Å²) < 4.78 is 5.51. The summed E-state index contributed by atoms with van der Waals surface area (Å²) in [6, 6.07) is 24.3. The molecule has 5 heteroatoms. The third-order valence-electron chi connectivity index (χ3n) is 4.80. The Morgan fingerprint density at radius 2 is 1.68 bits per heavy atom. The van der Waals surface area contributed by atoms with Crippen LogP contribution in [0.1, 0.15) is 27.6 Å². The van der Waals surface area contributed by atoms with E-state index in [4.69, 9.17) is 4.74 Å². The number of benzene rings is 3. The van der Waals surface area contributed by atoms with Crippen molar-refractivity contribution in [3.8, 4) is 11.1 Å². The van der Waals surface area contributed by atoms with Crippen LogP contribution in [0.5, 0.6) is 0 Å². The molecule has 1 amide bonds. The molecule has 1 N–H and O–H groups in total. The zero-order chi connectivity index (χ0) is 19.5. The molecule has 5 nitrogen and oxygen atoms in total. The van der Waals surface area contributed by atoms with Crippen molar-refractivity contribution >= 4 is 12.1 Å². The second-order valence-electron chi connectivity index (χ2n) is 6.75. The van der Waals surface area contributed by atoms with Crippen LogP contribution in [0.3, 0.4) is 0 Å². The van der Waals surface area contributed by atoms with Crippen LogP contribution in [0.25, 0.3) is 11.1 Å². The Morgan fingerprint density at radius 3 is 2.43 bits per heavy atom. The number of carbonyl (C=O) groups excluding carboxylic acids is 1.